The van der Waals surface area contributed by atoms with Crippen LogP contribution in [0.2, 0.25) is 0 Å². The van der Waals surface area contributed by atoms with E-state index in [1.54, 1.807) is 26.0 Å². The lowest BCUT2D eigenvalue weighted by molar-refractivity contribution is 0.207. The molecule has 90 valence electrons. The van der Waals surface area contributed by atoms with Crippen molar-refractivity contribution in [2.45, 2.75) is 20.0 Å². The molecule has 1 heterocycles. The number of nitrogens with one attached hydrogen (secondary N) is 1. The Hall–Kier alpha value is -1.43. The van der Waals surface area contributed by atoms with Crippen LogP contribution in [0.3, 0.4) is 0 Å². The highest BCUT2D eigenvalue weighted by atomic mass is 79.9. The summed E-state index contributed by atoms with van der Waals surface area (Å²) >= 11 is 3.19. The zero-order valence-electron chi connectivity index (χ0n) is 9.37. The van der Waals surface area contributed by atoms with Gasteiger partial charge in [-0.3, -0.25) is 5.10 Å². The van der Waals surface area contributed by atoms with Gasteiger partial charge in [0.1, 0.15) is 5.82 Å². The molecule has 0 radical (unpaired) electrons. The molecule has 0 saturated heterocycles. The highest BCUT2D eigenvalue weighted by Gasteiger charge is 2.14. The van der Waals surface area contributed by atoms with Crippen molar-refractivity contribution in [2.24, 2.45) is 0 Å². The fourth-order valence-corrected chi connectivity index (χ4v) is 1.69. The maximum atomic E-state index is 13.5. The van der Waals surface area contributed by atoms with Crippen LogP contribution >= 0.6 is 15.9 Å². The maximum absolute atomic E-state index is 13.5. The van der Waals surface area contributed by atoms with Crippen LogP contribution in [0.25, 0.3) is 0 Å². The smallest absolute Gasteiger partial charge is 0.191 e. The quantitative estimate of drug-likeness (QED) is 0.947. The zero-order chi connectivity index (χ0) is 12.4. The standard InChI is InChI=1S/C11H11BrFN3O/c1-6(11-14-7(2)15-16-11)17-10-4-3-8(12)5-9(10)13/h3-6H,1-2H3,(H,14,15,16). The third-order valence-corrected chi connectivity index (χ3v) is 2.67. The van der Waals surface area contributed by atoms with E-state index in [4.69, 9.17) is 4.74 Å². The molecule has 0 bridgehead atoms. The summed E-state index contributed by atoms with van der Waals surface area (Å²) in [6.07, 6.45) is -0.407. The summed E-state index contributed by atoms with van der Waals surface area (Å²) in [5.74, 6) is 0.971. The molecule has 1 unspecified atom stereocenters. The van der Waals surface area contributed by atoms with Gasteiger partial charge in [-0.2, -0.15) is 5.10 Å². The van der Waals surface area contributed by atoms with E-state index < -0.39 is 11.9 Å². The number of hydrogen-bond acceptors (Lipinski definition) is 3. The number of ether oxygens (including phenoxy) is 1. The van der Waals surface area contributed by atoms with E-state index >= 15 is 0 Å². The summed E-state index contributed by atoms with van der Waals surface area (Å²) in [7, 11) is 0. The molecule has 1 N–H and O–H groups in total. The first kappa shape index (κ1) is 12.0. The molecule has 2 rings (SSSR count). The van der Waals surface area contributed by atoms with Gasteiger partial charge in [-0.15, -0.1) is 0 Å². The average Bonchev–Trinajstić information content (AvgIpc) is 2.69. The molecule has 1 aromatic heterocycles. The molecule has 0 spiro atoms. The van der Waals surface area contributed by atoms with Crippen molar-refractivity contribution in [1.29, 1.82) is 0 Å². The van der Waals surface area contributed by atoms with Gasteiger partial charge < -0.3 is 4.74 Å². The van der Waals surface area contributed by atoms with Gasteiger partial charge in [0.2, 0.25) is 0 Å². The first-order valence-electron chi connectivity index (χ1n) is 5.07. The molecular weight excluding hydrogens is 289 g/mol. The number of aryl methyl sites for hydroxylation is 1. The van der Waals surface area contributed by atoms with E-state index in [0.717, 1.165) is 0 Å². The van der Waals surface area contributed by atoms with Gasteiger partial charge in [-0.25, -0.2) is 9.37 Å². The second-order valence-electron chi connectivity index (χ2n) is 3.61. The van der Waals surface area contributed by atoms with Gasteiger partial charge in [0, 0.05) is 4.47 Å². The number of nitrogens with zero attached hydrogens (tertiary/aromatic N) is 2. The Balaban J connectivity index is 2.15. The fraction of sp³-hybridized carbons (Fsp3) is 0.273. The molecule has 0 aliphatic carbocycles. The first-order valence-corrected chi connectivity index (χ1v) is 5.86. The summed E-state index contributed by atoms with van der Waals surface area (Å²) in [5, 5.41) is 6.68. The summed E-state index contributed by atoms with van der Waals surface area (Å²) < 4.78 is 19.7. The molecule has 0 amide bonds. The van der Waals surface area contributed by atoms with Crippen LogP contribution in [0.15, 0.2) is 22.7 Å². The Morgan fingerprint density at radius 1 is 1.47 bits per heavy atom. The van der Waals surface area contributed by atoms with Gasteiger partial charge in [-0.05, 0) is 32.0 Å². The van der Waals surface area contributed by atoms with Crippen molar-refractivity contribution < 1.29 is 9.13 Å². The van der Waals surface area contributed by atoms with E-state index in [-0.39, 0.29) is 5.75 Å². The predicted octanol–water partition coefficient (Wildman–Crippen LogP) is 3.15. The SMILES string of the molecule is Cc1nc(C(C)Oc2ccc(Br)cc2F)n[nH]1. The van der Waals surface area contributed by atoms with Gasteiger partial charge in [0.15, 0.2) is 23.5 Å². The topological polar surface area (TPSA) is 50.8 Å². The van der Waals surface area contributed by atoms with Gasteiger partial charge in [-0.1, -0.05) is 15.9 Å². The molecule has 0 aliphatic rings. The van der Waals surface area contributed by atoms with Crippen LogP contribution < -0.4 is 4.74 Å². The Morgan fingerprint density at radius 2 is 2.24 bits per heavy atom. The van der Waals surface area contributed by atoms with Crippen molar-refractivity contribution in [3.05, 3.63) is 40.1 Å². The minimum Gasteiger partial charge on any atom is -0.480 e. The lowest BCUT2D eigenvalue weighted by Gasteiger charge is -2.12. The maximum Gasteiger partial charge on any atom is 0.191 e. The summed E-state index contributed by atoms with van der Waals surface area (Å²) in [5.41, 5.74) is 0. The fourth-order valence-electron chi connectivity index (χ4n) is 1.36. The molecule has 1 atom stereocenters. The summed E-state index contributed by atoms with van der Waals surface area (Å²) in [4.78, 5) is 4.13. The Kier molecular flexibility index (Phi) is 3.42. The largest absolute Gasteiger partial charge is 0.480 e. The minimum atomic E-state index is -0.418. The second-order valence-corrected chi connectivity index (χ2v) is 4.53. The van der Waals surface area contributed by atoms with Crippen LogP contribution in [0, 0.1) is 12.7 Å². The zero-order valence-corrected chi connectivity index (χ0v) is 11.0. The molecule has 17 heavy (non-hydrogen) atoms. The van der Waals surface area contributed by atoms with E-state index in [0.29, 0.717) is 16.1 Å². The Morgan fingerprint density at radius 3 is 2.82 bits per heavy atom. The molecular formula is C11H11BrFN3O. The molecule has 0 aliphatic heterocycles. The highest BCUT2D eigenvalue weighted by molar-refractivity contribution is 9.10. The summed E-state index contributed by atoms with van der Waals surface area (Å²) in [6.45, 7) is 3.56. The third-order valence-electron chi connectivity index (χ3n) is 2.18. The van der Waals surface area contributed by atoms with Crippen LogP contribution in [0.4, 0.5) is 4.39 Å². The van der Waals surface area contributed by atoms with E-state index in [9.17, 15) is 4.39 Å². The van der Waals surface area contributed by atoms with Crippen molar-refractivity contribution in [1.82, 2.24) is 15.2 Å². The Labute approximate surface area is 106 Å². The van der Waals surface area contributed by atoms with E-state index in [1.807, 2.05) is 0 Å². The van der Waals surface area contributed by atoms with Crippen molar-refractivity contribution >= 4 is 15.9 Å². The number of hydrogen-bond donors (Lipinski definition) is 1. The normalized spacial score (nSPS) is 12.5. The van der Waals surface area contributed by atoms with Crippen LogP contribution in [-0.4, -0.2) is 15.2 Å². The molecule has 0 saturated carbocycles. The lowest BCUT2D eigenvalue weighted by atomic mass is 10.3. The number of benzene rings is 1. The minimum absolute atomic E-state index is 0.183. The van der Waals surface area contributed by atoms with E-state index in [1.165, 1.54) is 6.07 Å². The Bertz CT molecular complexity index is 529. The second kappa shape index (κ2) is 4.83. The average molecular weight is 300 g/mol. The van der Waals surface area contributed by atoms with Gasteiger partial charge in [0.25, 0.3) is 0 Å². The monoisotopic (exact) mass is 299 g/mol. The predicted molar refractivity (Wildman–Crippen MR) is 64.3 cm³/mol. The van der Waals surface area contributed by atoms with Crippen LogP contribution in [0.5, 0.6) is 5.75 Å². The van der Waals surface area contributed by atoms with Crippen LogP contribution in [0.1, 0.15) is 24.7 Å². The van der Waals surface area contributed by atoms with Gasteiger partial charge >= 0.3 is 0 Å². The lowest BCUT2D eigenvalue weighted by Crippen LogP contribution is -2.06. The number of aromatic nitrogens is 3. The third kappa shape index (κ3) is 2.82. The highest BCUT2D eigenvalue weighted by Crippen LogP contribution is 2.25. The van der Waals surface area contributed by atoms with Gasteiger partial charge in [0.05, 0.1) is 0 Å². The van der Waals surface area contributed by atoms with E-state index in [2.05, 4.69) is 31.1 Å². The number of H-pyrrole nitrogens is 1. The number of aromatic amines is 1. The first-order chi connectivity index (χ1) is 8.06. The number of rotatable bonds is 3. The molecule has 4 nitrogen and oxygen atoms in total. The molecule has 0 fully saturated rings. The van der Waals surface area contributed by atoms with Crippen LogP contribution in [-0.2, 0) is 0 Å². The number of halogens is 2. The van der Waals surface area contributed by atoms with Crippen molar-refractivity contribution in [3.63, 3.8) is 0 Å². The van der Waals surface area contributed by atoms with Crippen molar-refractivity contribution in [2.75, 3.05) is 0 Å². The molecule has 6 heteroatoms. The van der Waals surface area contributed by atoms with Crippen molar-refractivity contribution in [3.8, 4) is 5.75 Å². The summed E-state index contributed by atoms with van der Waals surface area (Å²) in [6, 6.07) is 4.63. The molecule has 1 aromatic carbocycles. The molecule has 2 aromatic rings.